The lowest BCUT2D eigenvalue weighted by atomic mass is 9.77. The zero-order chi connectivity index (χ0) is 14.2. The minimum atomic E-state index is -0.642. The number of carbonyl (C=O) groups is 1. The summed E-state index contributed by atoms with van der Waals surface area (Å²) in [4.78, 5) is 14.6. The fourth-order valence-electron chi connectivity index (χ4n) is 2.93. The van der Waals surface area contributed by atoms with Gasteiger partial charge >= 0.3 is 0 Å². The van der Waals surface area contributed by atoms with Crippen LogP contribution in [-0.2, 0) is 14.9 Å². The molecule has 1 atom stereocenters. The van der Waals surface area contributed by atoms with E-state index < -0.39 is 5.41 Å². The third-order valence-electron chi connectivity index (χ3n) is 4.02. The van der Waals surface area contributed by atoms with Crippen molar-refractivity contribution in [3.8, 4) is 0 Å². The highest BCUT2D eigenvalue weighted by atomic mass is 16.5. The van der Waals surface area contributed by atoms with Gasteiger partial charge in [-0.3, -0.25) is 9.69 Å². The molecule has 2 aromatic carbocycles. The van der Waals surface area contributed by atoms with Gasteiger partial charge in [0.2, 0.25) is 5.91 Å². The van der Waals surface area contributed by atoms with E-state index in [1.54, 1.807) is 12.0 Å². The normalized spacial score (nSPS) is 21.1. The molecular formula is C17H17NO2. The first-order valence-electron chi connectivity index (χ1n) is 6.65. The molecule has 0 saturated carbocycles. The summed E-state index contributed by atoms with van der Waals surface area (Å²) in [7, 11) is 1.61. The molecule has 1 aliphatic rings. The molecule has 20 heavy (non-hydrogen) atoms. The second-order valence-corrected chi connectivity index (χ2v) is 5.16. The fourth-order valence-corrected chi connectivity index (χ4v) is 2.93. The highest BCUT2D eigenvalue weighted by molar-refractivity contribution is 6.10. The largest absolute Gasteiger partial charge is 0.364 e. The van der Waals surface area contributed by atoms with Gasteiger partial charge in [0.1, 0.15) is 6.73 Å². The van der Waals surface area contributed by atoms with Gasteiger partial charge in [0.15, 0.2) is 0 Å². The van der Waals surface area contributed by atoms with E-state index in [4.69, 9.17) is 4.74 Å². The summed E-state index contributed by atoms with van der Waals surface area (Å²) in [5.74, 6) is 0.0618. The summed E-state index contributed by atoms with van der Waals surface area (Å²) < 4.78 is 5.19. The van der Waals surface area contributed by atoms with Crippen molar-refractivity contribution in [2.24, 2.45) is 0 Å². The maximum absolute atomic E-state index is 12.9. The summed E-state index contributed by atoms with van der Waals surface area (Å²) >= 11 is 0. The molecule has 0 N–H and O–H groups in total. The van der Waals surface area contributed by atoms with Gasteiger partial charge in [-0.05, 0) is 24.1 Å². The Morgan fingerprint density at radius 3 is 2.40 bits per heavy atom. The van der Waals surface area contributed by atoms with Crippen molar-refractivity contribution in [3.05, 3.63) is 65.7 Å². The lowest BCUT2D eigenvalue weighted by Crippen LogP contribution is -2.39. The van der Waals surface area contributed by atoms with Crippen molar-refractivity contribution < 1.29 is 9.53 Å². The molecule has 3 rings (SSSR count). The number of amides is 1. The zero-order valence-corrected chi connectivity index (χ0v) is 11.7. The molecule has 0 saturated heterocycles. The molecular weight excluding hydrogens is 250 g/mol. The molecule has 102 valence electrons. The van der Waals surface area contributed by atoms with Crippen molar-refractivity contribution in [1.82, 2.24) is 0 Å². The van der Waals surface area contributed by atoms with Crippen LogP contribution in [0.4, 0.5) is 5.69 Å². The molecule has 0 aromatic heterocycles. The predicted molar refractivity (Wildman–Crippen MR) is 78.7 cm³/mol. The molecule has 1 amide bonds. The molecule has 3 nitrogen and oxygen atoms in total. The van der Waals surface area contributed by atoms with E-state index in [9.17, 15) is 4.79 Å². The first-order valence-corrected chi connectivity index (χ1v) is 6.65. The Morgan fingerprint density at radius 2 is 1.70 bits per heavy atom. The molecule has 0 fully saturated rings. The van der Waals surface area contributed by atoms with Crippen molar-refractivity contribution in [1.29, 1.82) is 0 Å². The summed E-state index contributed by atoms with van der Waals surface area (Å²) in [6.45, 7) is 2.26. The summed E-state index contributed by atoms with van der Waals surface area (Å²) in [5, 5.41) is 0. The number of para-hydroxylation sites is 1. The Balaban J connectivity index is 2.20. The standard InChI is InChI=1S/C17H17NO2/c1-17(13-8-4-3-5-9-13)14-10-6-7-11-15(14)18(12-20-2)16(17)19/h3-11H,12H2,1-2H3. The third kappa shape index (κ3) is 1.67. The SMILES string of the molecule is COCN1C(=O)C(C)(c2ccccc2)c2ccccc21. The number of ether oxygens (including phenoxy) is 1. The first kappa shape index (κ1) is 12.9. The van der Waals surface area contributed by atoms with Gasteiger partial charge in [-0.25, -0.2) is 0 Å². The molecule has 1 heterocycles. The van der Waals surface area contributed by atoms with Gasteiger partial charge in [-0.2, -0.15) is 0 Å². The number of fused-ring (bicyclic) bond motifs is 1. The maximum atomic E-state index is 12.9. The number of hydrogen-bond acceptors (Lipinski definition) is 2. The Labute approximate surface area is 118 Å². The number of nitrogens with zero attached hydrogens (tertiary/aromatic N) is 1. The van der Waals surface area contributed by atoms with Gasteiger partial charge in [-0.15, -0.1) is 0 Å². The van der Waals surface area contributed by atoms with Crippen LogP contribution in [0.5, 0.6) is 0 Å². The number of rotatable bonds is 3. The Morgan fingerprint density at radius 1 is 1.05 bits per heavy atom. The quantitative estimate of drug-likeness (QED) is 0.855. The van der Waals surface area contributed by atoms with Crippen LogP contribution in [0.15, 0.2) is 54.6 Å². The van der Waals surface area contributed by atoms with E-state index in [1.807, 2.05) is 61.5 Å². The van der Waals surface area contributed by atoms with Crippen molar-refractivity contribution >= 4 is 11.6 Å². The van der Waals surface area contributed by atoms with Crippen LogP contribution in [0.25, 0.3) is 0 Å². The summed E-state index contributed by atoms with van der Waals surface area (Å²) in [5.41, 5.74) is 2.34. The van der Waals surface area contributed by atoms with Gasteiger partial charge in [-0.1, -0.05) is 48.5 Å². The summed E-state index contributed by atoms with van der Waals surface area (Å²) in [6.07, 6.45) is 0. The average molecular weight is 267 g/mol. The second-order valence-electron chi connectivity index (χ2n) is 5.16. The molecule has 0 bridgehead atoms. The van der Waals surface area contributed by atoms with Gasteiger partial charge < -0.3 is 4.74 Å². The molecule has 0 radical (unpaired) electrons. The number of benzene rings is 2. The van der Waals surface area contributed by atoms with Gasteiger partial charge in [0.05, 0.1) is 11.1 Å². The molecule has 3 heteroatoms. The lowest BCUT2D eigenvalue weighted by Gasteiger charge is -2.24. The first-order chi connectivity index (χ1) is 9.69. The van der Waals surface area contributed by atoms with Gasteiger partial charge in [0.25, 0.3) is 0 Å². The van der Waals surface area contributed by atoms with Crippen molar-refractivity contribution in [2.75, 3.05) is 18.7 Å². The minimum Gasteiger partial charge on any atom is -0.364 e. The third-order valence-corrected chi connectivity index (χ3v) is 4.02. The van der Waals surface area contributed by atoms with E-state index in [0.29, 0.717) is 0 Å². The highest BCUT2D eigenvalue weighted by Crippen LogP contribution is 2.45. The van der Waals surface area contributed by atoms with E-state index in [-0.39, 0.29) is 12.6 Å². The smallest absolute Gasteiger partial charge is 0.243 e. The number of carbonyl (C=O) groups excluding carboxylic acids is 1. The van der Waals surface area contributed by atoms with Crippen LogP contribution in [0.3, 0.4) is 0 Å². The second kappa shape index (κ2) is 4.76. The average Bonchev–Trinajstić information content (AvgIpc) is 2.72. The molecule has 1 aliphatic heterocycles. The number of anilines is 1. The monoisotopic (exact) mass is 267 g/mol. The lowest BCUT2D eigenvalue weighted by molar-refractivity contribution is -0.122. The van der Waals surface area contributed by atoms with Crippen molar-refractivity contribution in [2.45, 2.75) is 12.3 Å². The summed E-state index contributed by atoms with van der Waals surface area (Å²) in [6, 6.07) is 17.8. The highest BCUT2D eigenvalue weighted by Gasteiger charge is 2.48. The van der Waals surface area contributed by atoms with E-state index >= 15 is 0 Å². The fraction of sp³-hybridized carbons (Fsp3) is 0.235. The number of methoxy groups -OCH3 is 1. The van der Waals surface area contributed by atoms with E-state index in [0.717, 1.165) is 16.8 Å². The Bertz CT molecular complexity index is 638. The van der Waals surface area contributed by atoms with Crippen LogP contribution < -0.4 is 4.90 Å². The molecule has 2 aromatic rings. The van der Waals surface area contributed by atoms with Crippen LogP contribution in [-0.4, -0.2) is 19.7 Å². The predicted octanol–water partition coefficient (Wildman–Crippen LogP) is 2.94. The van der Waals surface area contributed by atoms with E-state index in [1.165, 1.54) is 0 Å². The Hall–Kier alpha value is -2.13. The van der Waals surface area contributed by atoms with E-state index in [2.05, 4.69) is 0 Å². The maximum Gasteiger partial charge on any atom is 0.243 e. The number of hydrogen-bond donors (Lipinski definition) is 0. The molecule has 0 spiro atoms. The molecule has 0 aliphatic carbocycles. The van der Waals surface area contributed by atoms with Crippen LogP contribution in [0, 0.1) is 0 Å². The van der Waals surface area contributed by atoms with Crippen molar-refractivity contribution in [3.63, 3.8) is 0 Å². The topological polar surface area (TPSA) is 29.5 Å². The minimum absolute atomic E-state index is 0.0618. The zero-order valence-electron chi connectivity index (χ0n) is 11.7. The van der Waals surface area contributed by atoms with Gasteiger partial charge in [0, 0.05) is 7.11 Å². The Kier molecular flexibility index (Phi) is 3.07. The van der Waals surface area contributed by atoms with Crippen LogP contribution >= 0.6 is 0 Å². The molecule has 1 unspecified atom stereocenters. The van der Waals surface area contributed by atoms with Crippen LogP contribution in [0.1, 0.15) is 18.1 Å². The van der Waals surface area contributed by atoms with Crippen LogP contribution in [0.2, 0.25) is 0 Å².